The Balaban J connectivity index is 1.51. The molecule has 0 unspecified atom stereocenters. The number of ether oxygens (including phenoxy) is 3. The third-order valence-corrected chi connectivity index (χ3v) is 7.36. The van der Waals surface area contributed by atoms with Crippen molar-refractivity contribution < 1.29 is 23.8 Å². The Bertz CT molecular complexity index is 1530. The van der Waals surface area contributed by atoms with E-state index in [0.717, 1.165) is 45.5 Å². The molecule has 4 rings (SSSR count). The summed E-state index contributed by atoms with van der Waals surface area (Å²) >= 11 is 6.62. The minimum absolute atomic E-state index is 0.230. The second kappa shape index (κ2) is 12.1. The van der Waals surface area contributed by atoms with Crippen LogP contribution in [0.3, 0.4) is 0 Å². The smallest absolute Gasteiger partial charge is 0.348 e. The first-order valence-electron chi connectivity index (χ1n) is 12.0. The average molecular weight is 565 g/mol. The van der Waals surface area contributed by atoms with Crippen LogP contribution in [-0.2, 0) is 16.0 Å². The molecular formula is C28H28N4O5S2. The summed E-state index contributed by atoms with van der Waals surface area (Å²) in [5.74, 6) is 0.384. The van der Waals surface area contributed by atoms with Gasteiger partial charge in [0.25, 0.3) is 0 Å². The zero-order valence-electron chi connectivity index (χ0n) is 22.2. The Labute approximate surface area is 235 Å². The summed E-state index contributed by atoms with van der Waals surface area (Å²) in [6, 6.07) is 17.5. The second-order valence-electron chi connectivity index (χ2n) is 8.59. The molecule has 0 radical (unpaired) electrons. The van der Waals surface area contributed by atoms with Gasteiger partial charge in [0.15, 0.2) is 5.11 Å². The zero-order valence-corrected chi connectivity index (χ0v) is 23.8. The lowest BCUT2D eigenvalue weighted by molar-refractivity contribution is 0.0601. The van der Waals surface area contributed by atoms with E-state index in [-0.39, 0.29) is 10.7 Å². The van der Waals surface area contributed by atoms with E-state index < -0.39 is 11.9 Å². The number of aryl methyl sites for hydroxylation is 1. The average Bonchev–Trinajstić information content (AvgIpc) is 3.38. The molecule has 202 valence electrons. The van der Waals surface area contributed by atoms with Gasteiger partial charge in [-0.25, -0.2) is 9.59 Å². The quantitative estimate of drug-likeness (QED) is 0.194. The molecule has 0 bridgehead atoms. The molecule has 0 atom stereocenters. The van der Waals surface area contributed by atoms with E-state index in [9.17, 15) is 9.59 Å². The lowest BCUT2D eigenvalue weighted by atomic mass is 10.1. The summed E-state index contributed by atoms with van der Waals surface area (Å²) in [6.45, 7) is 6.02. The highest BCUT2D eigenvalue weighted by atomic mass is 32.1. The number of nitrogens with one attached hydrogen (secondary N) is 2. The number of methoxy groups -OCH3 is 2. The highest BCUT2D eigenvalue weighted by molar-refractivity contribution is 7.80. The highest BCUT2D eigenvalue weighted by Crippen LogP contribution is 2.34. The van der Waals surface area contributed by atoms with Gasteiger partial charge in [-0.15, -0.1) is 11.3 Å². The van der Waals surface area contributed by atoms with Crippen molar-refractivity contribution in [1.29, 1.82) is 0 Å². The number of hydrogen-bond acceptors (Lipinski definition) is 8. The maximum Gasteiger partial charge on any atom is 0.348 e. The topological polar surface area (TPSA) is 104 Å². The van der Waals surface area contributed by atoms with Gasteiger partial charge in [0.05, 0.1) is 43.4 Å². The molecule has 0 aliphatic rings. The predicted molar refractivity (Wildman–Crippen MR) is 155 cm³/mol. The molecule has 0 saturated carbocycles. The summed E-state index contributed by atoms with van der Waals surface area (Å²) in [5, 5.41) is 11.5. The van der Waals surface area contributed by atoms with Gasteiger partial charge in [-0.3, -0.25) is 4.68 Å². The van der Waals surface area contributed by atoms with Gasteiger partial charge in [0.1, 0.15) is 21.4 Å². The first-order valence-corrected chi connectivity index (χ1v) is 13.2. The fourth-order valence-electron chi connectivity index (χ4n) is 4.02. The van der Waals surface area contributed by atoms with Gasteiger partial charge in [-0.1, -0.05) is 30.3 Å². The third-order valence-electron chi connectivity index (χ3n) is 5.96. The summed E-state index contributed by atoms with van der Waals surface area (Å²) in [4.78, 5) is 24.9. The minimum Gasteiger partial charge on any atom is -0.465 e. The monoisotopic (exact) mass is 564 g/mol. The van der Waals surface area contributed by atoms with E-state index in [1.165, 1.54) is 14.2 Å². The van der Waals surface area contributed by atoms with Crippen molar-refractivity contribution in [2.45, 2.75) is 27.3 Å². The van der Waals surface area contributed by atoms with Crippen LogP contribution >= 0.6 is 23.6 Å². The number of carbonyl (C=O) groups is 2. The molecule has 0 fully saturated rings. The van der Waals surface area contributed by atoms with Gasteiger partial charge in [-0.2, -0.15) is 5.10 Å². The Morgan fingerprint density at radius 1 is 0.949 bits per heavy atom. The fraction of sp³-hybridized carbons (Fsp3) is 0.214. The van der Waals surface area contributed by atoms with Crippen LogP contribution in [0.25, 0.3) is 0 Å². The van der Waals surface area contributed by atoms with Crippen LogP contribution < -0.4 is 15.4 Å². The van der Waals surface area contributed by atoms with E-state index in [2.05, 4.69) is 15.7 Å². The Hall–Kier alpha value is -4.22. The third kappa shape index (κ3) is 6.27. The SMILES string of the molecule is COC(=O)c1sc(NC(=S)Nc2c(C)nn(Cc3cccc(Oc4ccccc4)c3)c2C)c(C(=O)OC)c1C. The van der Waals surface area contributed by atoms with Crippen LogP contribution in [0.5, 0.6) is 11.5 Å². The first-order chi connectivity index (χ1) is 18.7. The van der Waals surface area contributed by atoms with Crippen molar-refractivity contribution in [2.24, 2.45) is 0 Å². The van der Waals surface area contributed by atoms with E-state index in [4.69, 9.17) is 26.4 Å². The number of nitrogens with zero attached hydrogens (tertiary/aromatic N) is 2. The Morgan fingerprint density at radius 3 is 2.33 bits per heavy atom. The number of thiophene rings is 1. The lowest BCUT2D eigenvalue weighted by Gasteiger charge is -2.12. The second-order valence-corrected chi connectivity index (χ2v) is 10.0. The Kier molecular flexibility index (Phi) is 8.62. The number of carbonyl (C=O) groups excluding carboxylic acids is 2. The largest absolute Gasteiger partial charge is 0.465 e. The zero-order chi connectivity index (χ0) is 28.1. The normalized spacial score (nSPS) is 10.6. The van der Waals surface area contributed by atoms with Gasteiger partial charge in [0.2, 0.25) is 0 Å². The fourth-order valence-corrected chi connectivity index (χ4v) is 5.41. The summed E-state index contributed by atoms with van der Waals surface area (Å²) in [6.07, 6.45) is 0. The number of benzene rings is 2. The van der Waals surface area contributed by atoms with Gasteiger partial charge >= 0.3 is 11.9 Å². The van der Waals surface area contributed by atoms with Gasteiger partial charge in [0, 0.05) is 0 Å². The van der Waals surface area contributed by atoms with Crippen LogP contribution in [0, 0.1) is 20.8 Å². The maximum atomic E-state index is 12.4. The molecule has 4 aromatic rings. The van der Waals surface area contributed by atoms with Crippen molar-refractivity contribution in [1.82, 2.24) is 9.78 Å². The van der Waals surface area contributed by atoms with Gasteiger partial charge in [-0.05, 0) is 68.4 Å². The summed E-state index contributed by atoms with van der Waals surface area (Å²) < 4.78 is 17.6. The number of esters is 2. The molecule has 9 nitrogen and oxygen atoms in total. The molecule has 11 heteroatoms. The molecule has 39 heavy (non-hydrogen) atoms. The van der Waals surface area contributed by atoms with Crippen LogP contribution in [-0.4, -0.2) is 41.1 Å². The molecule has 0 amide bonds. The van der Waals surface area contributed by atoms with E-state index >= 15 is 0 Å². The molecule has 0 saturated heterocycles. The van der Waals surface area contributed by atoms with Gasteiger partial charge < -0.3 is 24.8 Å². The highest BCUT2D eigenvalue weighted by Gasteiger charge is 2.26. The number of hydrogen-bond donors (Lipinski definition) is 2. The molecule has 2 aromatic heterocycles. The molecule has 2 N–H and O–H groups in total. The van der Waals surface area contributed by atoms with Crippen LogP contribution in [0.1, 0.15) is 42.5 Å². The molecule has 2 aromatic carbocycles. The van der Waals surface area contributed by atoms with Crippen molar-refractivity contribution in [3.05, 3.63) is 87.6 Å². The minimum atomic E-state index is -0.581. The van der Waals surface area contributed by atoms with Crippen molar-refractivity contribution >= 4 is 51.3 Å². The first kappa shape index (κ1) is 27.8. The van der Waals surface area contributed by atoms with E-state index in [0.29, 0.717) is 22.0 Å². The standard InChI is InChI=1S/C28H28N4O5S2/c1-16-22(26(33)35-4)25(39-24(16)27(34)36-5)30-28(38)29-23-17(2)31-32(18(23)3)15-19-10-9-13-21(14-19)37-20-11-7-6-8-12-20/h6-14H,15H2,1-5H3,(H2,29,30,38). The van der Waals surface area contributed by atoms with Crippen LogP contribution in [0.2, 0.25) is 0 Å². The van der Waals surface area contributed by atoms with E-state index in [1.54, 1.807) is 6.92 Å². The number of aromatic nitrogens is 2. The lowest BCUT2D eigenvalue weighted by Crippen LogP contribution is -2.21. The predicted octanol–water partition coefficient (Wildman–Crippen LogP) is 6.09. The summed E-state index contributed by atoms with van der Waals surface area (Å²) in [5.41, 5.74) is 4.08. The summed E-state index contributed by atoms with van der Waals surface area (Å²) in [7, 11) is 2.57. The molecule has 2 heterocycles. The molecule has 0 spiro atoms. The molecule has 0 aliphatic carbocycles. The van der Waals surface area contributed by atoms with Crippen LogP contribution in [0.15, 0.2) is 54.6 Å². The number of para-hydroxylation sites is 1. The Morgan fingerprint density at radius 2 is 1.64 bits per heavy atom. The maximum absolute atomic E-state index is 12.4. The molecular weight excluding hydrogens is 536 g/mol. The van der Waals surface area contributed by atoms with Crippen LogP contribution in [0.4, 0.5) is 10.7 Å². The number of rotatable bonds is 8. The van der Waals surface area contributed by atoms with Crippen molar-refractivity contribution in [2.75, 3.05) is 24.9 Å². The molecule has 0 aliphatic heterocycles. The van der Waals surface area contributed by atoms with E-state index in [1.807, 2.05) is 73.1 Å². The number of anilines is 2. The number of thiocarbonyl (C=S) groups is 1. The van der Waals surface area contributed by atoms with Crippen molar-refractivity contribution in [3.8, 4) is 11.5 Å². The van der Waals surface area contributed by atoms with Crippen molar-refractivity contribution in [3.63, 3.8) is 0 Å².